The molecule has 6 heteroatoms. The maximum Gasteiger partial charge on any atom is 0.266 e. The molecule has 5 rings (SSSR count). The van der Waals surface area contributed by atoms with Gasteiger partial charge in [0.2, 0.25) is 0 Å². The van der Waals surface area contributed by atoms with Gasteiger partial charge in [-0.1, -0.05) is 54.6 Å². The normalized spacial score (nSPS) is 16.4. The Morgan fingerprint density at radius 1 is 0.735 bits per heavy atom. The highest BCUT2D eigenvalue weighted by Gasteiger charge is 2.36. The van der Waals surface area contributed by atoms with E-state index in [1.54, 1.807) is 48.5 Å². The van der Waals surface area contributed by atoms with Crippen LogP contribution in [0.4, 0.5) is 5.69 Å². The molecule has 0 saturated carbocycles. The van der Waals surface area contributed by atoms with Crippen LogP contribution in [-0.2, 0) is 0 Å². The molecule has 1 fully saturated rings. The molecule has 6 nitrogen and oxygen atoms in total. The third-order valence-electron chi connectivity index (χ3n) is 6.30. The number of hydrogen-bond acceptors (Lipinski definition) is 4. The highest BCUT2D eigenvalue weighted by molar-refractivity contribution is 6.34. The largest absolute Gasteiger partial charge is 0.336 e. The first-order valence-electron chi connectivity index (χ1n) is 11.4. The topological polar surface area (TPSA) is 60.9 Å². The molecule has 0 radical (unpaired) electrons. The van der Waals surface area contributed by atoms with Crippen LogP contribution in [0.15, 0.2) is 84.9 Å². The molecule has 0 aromatic heterocycles. The molecule has 34 heavy (non-hydrogen) atoms. The van der Waals surface area contributed by atoms with Crippen molar-refractivity contribution in [1.29, 1.82) is 0 Å². The average Bonchev–Trinajstić information content (AvgIpc) is 3.15. The van der Waals surface area contributed by atoms with Crippen molar-refractivity contribution in [3.8, 4) is 0 Å². The Kier molecular flexibility index (Phi) is 6.06. The molecule has 0 atom stereocenters. The number of anilines is 1. The molecule has 170 valence electrons. The van der Waals surface area contributed by atoms with Crippen molar-refractivity contribution in [2.24, 2.45) is 0 Å². The van der Waals surface area contributed by atoms with Crippen molar-refractivity contribution >= 4 is 29.5 Å². The zero-order valence-corrected chi connectivity index (χ0v) is 18.8. The fourth-order valence-electron chi connectivity index (χ4n) is 4.39. The Morgan fingerprint density at radius 3 is 1.94 bits per heavy atom. The Morgan fingerprint density at radius 2 is 1.32 bits per heavy atom. The number of nitrogens with zero attached hydrogens (tertiary/aromatic N) is 3. The molecule has 0 N–H and O–H groups in total. The predicted molar refractivity (Wildman–Crippen MR) is 132 cm³/mol. The first-order chi connectivity index (χ1) is 16.6. The summed E-state index contributed by atoms with van der Waals surface area (Å²) >= 11 is 0. The second kappa shape index (κ2) is 9.45. The van der Waals surface area contributed by atoms with Crippen LogP contribution in [0, 0.1) is 0 Å². The number of rotatable bonds is 5. The predicted octanol–water partition coefficient (Wildman–Crippen LogP) is 3.96. The number of fused-ring (bicyclic) bond motifs is 1. The number of imide groups is 1. The fourth-order valence-corrected chi connectivity index (χ4v) is 4.39. The Hall–Kier alpha value is -4.03. The molecule has 2 aliphatic heterocycles. The lowest BCUT2D eigenvalue weighted by Gasteiger charge is -2.34. The van der Waals surface area contributed by atoms with Crippen LogP contribution in [0.25, 0.3) is 6.08 Å². The smallest absolute Gasteiger partial charge is 0.266 e. The minimum absolute atomic E-state index is 0.0339. The first-order valence-corrected chi connectivity index (χ1v) is 11.4. The van der Waals surface area contributed by atoms with Gasteiger partial charge in [0, 0.05) is 38.3 Å². The zero-order valence-electron chi connectivity index (χ0n) is 18.8. The van der Waals surface area contributed by atoms with Crippen LogP contribution in [0.5, 0.6) is 0 Å². The van der Waals surface area contributed by atoms with Crippen molar-refractivity contribution < 1.29 is 14.4 Å². The summed E-state index contributed by atoms with van der Waals surface area (Å²) in [5.74, 6) is -0.706. The molecule has 2 heterocycles. The summed E-state index contributed by atoms with van der Waals surface area (Å²) in [6.07, 6.45) is 4.28. The summed E-state index contributed by atoms with van der Waals surface area (Å²) in [5.41, 5.74) is 3.02. The Balaban J connectivity index is 1.18. The van der Waals surface area contributed by atoms with E-state index < -0.39 is 0 Å². The third-order valence-corrected chi connectivity index (χ3v) is 6.30. The van der Waals surface area contributed by atoms with E-state index in [-0.39, 0.29) is 17.7 Å². The number of carbonyl (C=O) groups is 3. The minimum atomic E-state index is -0.336. The molecule has 0 unspecified atom stereocenters. The zero-order chi connectivity index (χ0) is 23.5. The summed E-state index contributed by atoms with van der Waals surface area (Å²) in [6, 6.07) is 23.7. The van der Waals surface area contributed by atoms with Crippen LogP contribution in [0.2, 0.25) is 0 Å². The molecular weight excluding hydrogens is 426 g/mol. The van der Waals surface area contributed by atoms with E-state index >= 15 is 0 Å². The van der Waals surface area contributed by atoms with Crippen LogP contribution in [-0.4, -0.2) is 60.2 Å². The van der Waals surface area contributed by atoms with Gasteiger partial charge in [-0.25, -0.2) is 4.90 Å². The molecule has 2 aliphatic rings. The van der Waals surface area contributed by atoms with Crippen LogP contribution < -0.4 is 4.90 Å². The van der Waals surface area contributed by atoms with Gasteiger partial charge in [0.1, 0.15) is 0 Å². The molecular formula is C28H25N3O3. The standard InChI is InChI=1S/C28H25N3O3/c32-26(30-19-17-29(18-20-30)16-6-9-21-7-2-1-3-8-21)22-12-14-23(15-13-22)31-27(33)24-10-4-5-11-25(24)28(31)34/h1-15H,16-20H2. The lowest BCUT2D eigenvalue weighted by molar-refractivity contribution is 0.0650. The number of carbonyl (C=O) groups excluding carboxylic acids is 3. The van der Waals surface area contributed by atoms with Gasteiger partial charge in [-0.3, -0.25) is 19.3 Å². The lowest BCUT2D eigenvalue weighted by Crippen LogP contribution is -2.48. The van der Waals surface area contributed by atoms with Gasteiger partial charge in [-0.15, -0.1) is 0 Å². The van der Waals surface area contributed by atoms with E-state index in [2.05, 4.69) is 29.2 Å². The van der Waals surface area contributed by atoms with Crippen molar-refractivity contribution in [2.45, 2.75) is 0 Å². The second-order valence-corrected chi connectivity index (χ2v) is 8.44. The molecule has 0 aliphatic carbocycles. The lowest BCUT2D eigenvalue weighted by atomic mass is 10.1. The Bertz CT molecular complexity index is 1210. The molecule has 0 bridgehead atoms. The van der Waals surface area contributed by atoms with Gasteiger partial charge < -0.3 is 4.90 Å². The van der Waals surface area contributed by atoms with Crippen molar-refractivity contribution in [3.05, 3.63) is 107 Å². The van der Waals surface area contributed by atoms with Crippen molar-refractivity contribution in [3.63, 3.8) is 0 Å². The number of benzene rings is 3. The van der Waals surface area contributed by atoms with Gasteiger partial charge in [0.25, 0.3) is 17.7 Å². The summed E-state index contributed by atoms with van der Waals surface area (Å²) in [4.78, 5) is 43.7. The summed E-state index contributed by atoms with van der Waals surface area (Å²) in [5, 5.41) is 0. The van der Waals surface area contributed by atoms with E-state index in [9.17, 15) is 14.4 Å². The van der Waals surface area contributed by atoms with Crippen LogP contribution >= 0.6 is 0 Å². The summed E-state index contributed by atoms with van der Waals surface area (Å²) < 4.78 is 0. The first kappa shape index (κ1) is 21.8. The number of piperazine rings is 1. The second-order valence-electron chi connectivity index (χ2n) is 8.44. The third kappa shape index (κ3) is 4.28. The summed E-state index contributed by atoms with van der Waals surface area (Å²) in [6.45, 7) is 3.82. The van der Waals surface area contributed by atoms with E-state index in [0.29, 0.717) is 35.5 Å². The number of hydrogen-bond donors (Lipinski definition) is 0. The quantitative estimate of drug-likeness (QED) is 0.551. The van der Waals surface area contributed by atoms with Crippen LogP contribution in [0.1, 0.15) is 36.6 Å². The van der Waals surface area contributed by atoms with Gasteiger partial charge in [0.15, 0.2) is 0 Å². The molecule has 3 aromatic carbocycles. The Labute approximate surface area is 198 Å². The monoisotopic (exact) mass is 451 g/mol. The fraction of sp³-hybridized carbons (Fsp3) is 0.179. The van der Waals surface area contributed by atoms with E-state index in [0.717, 1.165) is 19.6 Å². The van der Waals surface area contributed by atoms with Gasteiger partial charge in [-0.05, 0) is 42.0 Å². The maximum atomic E-state index is 13.0. The average molecular weight is 452 g/mol. The van der Waals surface area contributed by atoms with Crippen LogP contribution in [0.3, 0.4) is 0 Å². The van der Waals surface area contributed by atoms with E-state index in [1.165, 1.54) is 10.5 Å². The molecule has 3 aromatic rings. The maximum absolute atomic E-state index is 13.0. The van der Waals surface area contributed by atoms with Gasteiger partial charge in [-0.2, -0.15) is 0 Å². The van der Waals surface area contributed by atoms with Gasteiger partial charge >= 0.3 is 0 Å². The minimum Gasteiger partial charge on any atom is -0.336 e. The van der Waals surface area contributed by atoms with Crippen molar-refractivity contribution in [2.75, 3.05) is 37.6 Å². The molecule has 0 spiro atoms. The highest BCUT2D eigenvalue weighted by Crippen LogP contribution is 2.28. The SMILES string of the molecule is O=C(c1ccc(N2C(=O)c3ccccc3C2=O)cc1)N1CCN(CC=Cc2ccccc2)CC1. The van der Waals surface area contributed by atoms with E-state index in [1.807, 2.05) is 23.1 Å². The van der Waals surface area contributed by atoms with Gasteiger partial charge in [0.05, 0.1) is 16.8 Å². The van der Waals surface area contributed by atoms with E-state index in [4.69, 9.17) is 0 Å². The molecule has 1 saturated heterocycles. The number of amides is 3. The molecule has 3 amide bonds. The summed E-state index contributed by atoms with van der Waals surface area (Å²) in [7, 11) is 0. The van der Waals surface area contributed by atoms with Crippen molar-refractivity contribution in [1.82, 2.24) is 9.80 Å². The highest BCUT2D eigenvalue weighted by atomic mass is 16.2.